The van der Waals surface area contributed by atoms with Crippen LogP contribution >= 0.6 is 23.2 Å². The molecule has 0 aliphatic heterocycles. The Hall–Kier alpha value is -1.32. The first kappa shape index (κ1) is 12.1. The van der Waals surface area contributed by atoms with Crippen molar-refractivity contribution in [1.82, 2.24) is 9.78 Å². The van der Waals surface area contributed by atoms with Crippen LogP contribution < -0.4 is 5.43 Å². The minimum atomic E-state index is -0.152. The molecule has 17 heavy (non-hydrogen) atoms. The molecule has 0 saturated heterocycles. The number of rotatable bonds is 2. The summed E-state index contributed by atoms with van der Waals surface area (Å²) < 4.78 is 1.63. The van der Waals surface area contributed by atoms with Crippen molar-refractivity contribution in [2.45, 2.75) is 12.8 Å². The van der Waals surface area contributed by atoms with Gasteiger partial charge in [0.05, 0.1) is 16.6 Å². The first-order valence-electron chi connectivity index (χ1n) is 5.04. The maximum atomic E-state index is 11.5. The molecule has 1 aromatic carbocycles. The Balaban J connectivity index is 2.68. The number of aromatic nitrogens is 2. The van der Waals surface area contributed by atoms with E-state index in [4.69, 9.17) is 23.2 Å². The smallest absolute Gasteiger partial charge is 0.204 e. The van der Waals surface area contributed by atoms with Crippen LogP contribution in [0.4, 0.5) is 0 Å². The fourth-order valence-corrected chi connectivity index (χ4v) is 1.94. The highest BCUT2D eigenvalue weighted by molar-refractivity contribution is 6.32. The summed E-state index contributed by atoms with van der Waals surface area (Å²) in [4.78, 5) is 11.5. The van der Waals surface area contributed by atoms with Crippen molar-refractivity contribution in [1.29, 1.82) is 0 Å². The molecule has 0 unspecified atom stereocenters. The van der Waals surface area contributed by atoms with Crippen LogP contribution in [0.3, 0.4) is 0 Å². The number of hydrogen-bond donors (Lipinski definition) is 0. The molecule has 0 radical (unpaired) electrons. The van der Waals surface area contributed by atoms with Crippen molar-refractivity contribution in [3.8, 4) is 5.69 Å². The van der Waals surface area contributed by atoms with Gasteiger partial charge in [0, 0.05) is 11.8 Å². The summed E-state index contributed by atoms with van der Waals surface area (Å²) in [5.41, 5.74) is 1.62. The third-order valence-electron chi connectivity index (χ3n) is 2.39. The molecular weight excluding hydrogens is 259 g/mol. The molecule has 0 bridgehead atoms. The summed E-state index contributed by atoms with van der Waals surface area (Å²) in [6.07, 6.45) is 0. The van der Waals surface area contributed by atoms with E-state index >= 15 is 0 Å². The maximum absolute atomic E-state index is 11.5. The van der Waals surface area contributed by atoms with E-state index in [1.807, 2.05) is 18.2 Å². The molecule has 0 saturated carbocycles. The van der Waals surface area contributed by atoms with Crippen LogP contribution in [0.5, 0.6) is 0 Å². The van der Waals surface area contributed by atoms with Crippen LogP contribution in [-0.2, 0) is 5.88 Å². The summed E-state index contributed by atoms with van der Waals surface area (Å²) in [6, 6.07) is 8.82. The van der Waals surface area contributed by atoms with Gasteiger partial charge in [0.25, 0.3) is 0 Å². The SMILES string of the molecule is Cc1cc(=O)c(CCl)nn1-c1ccccc1Cl. The first-order valence-corrected chi connectivity index (χ1v) is 5.95. The van der Waals surface area contributed by atoms with E-state index in [2.05, 4.69) is 5.10 Å². The number of alkyl halides is 1. The quantitative estimate of drug-likeness (QED) is 0.785. The summed E-state index contributed by atoms with van der Waals surface area (Å²) in [5.74, 6) is 0.0869. The third-order valence-corrected chi connectivity index (χ3v) is 2.96. The van der Waals surface area contributed by atoms with E-state index in [1.54, 1.807) is 17.7 Å². The van der Waals surface area contributed by atoms with Crippen molar-refractivity contribution < 1.29 is 0 Å². The van der Waals surface area contributed by atoms with E-state index in [9.17, 15) is 4.79 Å². The van der Waals surface area contributed by atoms with Crippen LogP contribution in [0, 0.1) is 6.92 Å². The highest BCUT2D eigenvalue weighted by atomic mass is 35.5. The zero-order valence-corrected chi connectivity index (χ0v) is 10.7. The normalized spacial score (nSPS) is 10.5. The molecule has 2 rings (SSSR count). The number of para-hydroxylation sites is 1. The first-order chi connectivity index (χ1) is 8.13. The number of aryl methyl sites for hydroxylation is 1. The molecule has 1 heterocycles. The standard InChI is InChI=1S/C12H10Cl2N2O/c1-8-6-12(17)10(7-13)15-16(8)11-5-3-2-4-9(11)14/h2-6H,7H2,1H3. The van der Waals surface area contributed by atoms with Crippen LogP contribution in [0.25, 0.3) is 5.69 Å². The molecule has 0 aliphatic carbocycles. The summed E-state index contributed by atoms with van der Waals surface area (Å²) in [5, 5.41) is 4.79. The molecule has 0 amide bonds. The molecule has 0 fully saturated rings. The largest absolute Gasteiger partial charge is 0.288 e. The maximum Gasteiger partial charge on any atom is 0.204 e. The number of hydrogen-bond acceptors (Lipinski definition) is 2. The van der Waals surface area contributed by atoms with Crippen LogP contribution in [-0.4, -0.2) is 9.78 Å². The minimum Gasteiger partial charge on any atom is -0.288 e. The zero-order chi connectivity index (χ0) is 12.4. The lowest BCUT2D eigenvalue weighted by atomic mass is 10.3. The number of nitrogens with zero attached hydrogens (tertiary/aromatic N) is 2. The molecule has 0 aliphatic rings. The van der Waals surface area contributed by atoms with Crippen molar-refractivity contribution in [2.75, 3.05) is 0 Å². The lowest BCUT2D eigenvalue weighted by Gasteiger charge is -2.11. The van der Waals surface area contributed by atoms with Crippen molar-refractivity contribution >= 4 is 23.2 Å². The van der Waals surface area contributed by atoms with Gasteiger partial charge in [-0.05, 0) is 19.1 Å². The Labute approximate surface area is 109 Å². The highest BCUT2D eigenvalue weighted by Crippen LogP contribution is 2.19. The topological polar surface area (TPSA) is 34.9 Å². The predicted octanol–water partition coefficient (Wildman–Crippen LogP) is 2.93. The van der Waals surface area contributed by atoms with Gasteiger partial charge in [-0.2, -0.15) is 5.10 Å². The molecule has 0 atom stereocenters. The summed E-state index contributed by atoms with van der Waals surface area (Å²) in [6.45, 7) is 1.80. The van der Waals surface area contributed by atoms with Gasteiger partial charge in [-0.25, -0.2) is 4.68 Å². The molecule has 1 aromatic heterocycles. The van der Waals surface area contributed by atoms with Crippen molar-refractivity contribution in [3.63, 3.8) is 0 Å². The van der Waals surface area contributed by atoms with Gasteiger partial charge >= 0.3 is 0 Å². The second-order valence-corrected chi connectivity index (χ2v) is 4.27. The molecule has 88 valence electrons. The molecular formula is C12H10Cl2N2O. The van der Waals surface area contributed by atoms with E-state index in [0.29, 0.717) is 10.7 Å². The van der Waals surface area contributed by atoms with Gasteiger partial charge in [0.1, 0.15) is 5.69 Å². The number of halogens is 2. The van der Waals surface area contributed by atoms with Gasteiger partial charge in [-0.1, -0.05) is 23.7 Å². The lowest BCUT2D eigenvalue weighted by molar-refractivity contribution is 0.773. The van der Waals surface area contributed by atoms with Crippen molar-refractivity contribution in [2.24, 2.45) is 0 Å². The van der Waals surface area contributed by atoms with E-state index in [0.717, 1.165) is 11.4 Å². The fourth-order valence-electron chi connectivity index (χ4n) is 1.54. The average molecular weight is 269 g/mol. The molecule has 3 nitrogen and oxygen atoms in total. The monoisotopic (exact) mass is 268 g/mol. The summed E-state index contributed by atoms with van der Waals surface area (Å²) in [7, 11) is 0. The molecule has 5 heteroatoms. The van der Waals surface area contributed by atoms with Gasteiger partial charge < -0.3 is 0 Å². The lowest BCUT2D eigenvalue weighted by Crippen LogP contribution is -2.17. The highest BCUT2D eigenvalue weighted by Gasteiger charge is 2.08. The zero-order valence-electron chi connectivity index (χ0n) is 9.15. The minimum absolute atomic E-state index is 0.0869. The molecule has 0 spiro atoms. The Morgan fingerprint density at radius 1 is 1.35 bits per heavy atom. The second kappa shape index (κ2) is 4.90. The predicted molar refractivity (Wildman–Crippen MR) is 69.1 cm³/mol. The van der Waals surface area contributed by atoms with Crippen LogP contribution in [0.2, 0.25) is 5.02 Å². The Bertz CT molecular complexity index is 608. The molecule has 2 aromatic rings. The second-order valence-electron chi connectivity index (χ2n) is 3.59. The Kier molecular flexibility index (Phi) is 3.50. The van der Waals surface area contributed by atoms with E-state index in [1.165, 1.54) is 6.07 Å². The van der Waals surface area contributed by atoms with Gasteiger partial charge in [-0.15, -0.1) is 11.6 Å². The van der Waals surface area contributed by atoms with Crippen LogP contribution in [0.15, 0.2) is 35.1 Å². The molecule has 0 N–H and O–H groups in total. The third kappa shape index (κ3) is 2.35. The van der Waals surface area contributed by atoms with E-state index < -0.39 is 0 Å². The van der Waals surface area contributed by atoms with E-state index in [-0.39, 0.29) is 11.3 Å². The van der Waals surface area contributed by atoms with Gasteiger partial charge in [0.2, 0.25) is 5.43 Å². The van der Waals surface area contributed by atoms with Crippen molar-refractivity contribution in [3.05, 3.63) is 57.0 Å². The Morgan fingerprint density at radius 2 is 2.06 bits per heavy atom. The van der Waals surface area contributed by atoms with Gasteiger partial charge in [0.15, 0.2) is 0 Å². The number of benzene rings is 1. The fraction of sp³-hybridized carbons (Fsp3) is 0.167. The van der Waals surface area contributed by atoms with Crippen LogP contribution in [0.1, 0.15) is 11.4 Å². The summed E-state index contributed by atoms with van der Waals surface area (Å²) >= 11 is 11.8. The van der Waals surface area contributed by atoms with Gasteiger partial charge in [-0.3, -0.25) is 4.79 Å². The average Bonchev–Trinajstić information content (AvgIpc) is 2.31. The Morgan fingerprint density at radius 3 is 2.71 bits per heavy atom.